The summed E-state index contributed by atoms with van der Waals surface area (Å²) in [7, 11) is 0. The van der Waals surface area contributed by atoms with E-state index in [1.165, 1.54) is 32.2 Å². The molecule has 3 nitrogen and oxygen atoms in total. The van der Waals surface area contributed by atoms with Gasteiger partial charge in [-0.15, -0.1) is 0 Å². The Balaban J connectivity index is 1.89. The van der Waals surface area contributed by atoms with Gasteiger partial charge in [-0.3, -0.25) is 0 Å². The molecule has 0 spiro atoms. The minimum Gasteiger partial charge on any atom is -0.394 e. The Bertz CT molecular complexity index is 204. The maximum absolute atomic E-state index is 9.28. The van der Waals surface area contributed by atoms with Crippen molar-refractivity contribution in [3.63, 3.8) is 0 Å². The van der Waals surface area contributed by atoms with Crippen LogP contribution in [-0.2, 0) is 0 Å². The second-order valence-electron chi connectivity index (χ2n) is 5.35. The fourth-order valence-corrected chi connectivity index (χ4v) is 3.03. The molecule has 3 N–H and O–H groups in total. The van der Waals surface area contributed by atoms with E-state index in [1.54, 1.807) is 0 Å². The summed E-state index contributed by atoms with van der Waals surface area (Å²) in [6.07, 6.45) is 8.62. The number of nitrogens with two attached hydrogens (primary N) is 1. The third-order valence-corrected chi connectivity index (χ3v) is 4.17. The van der Waals surface area contributed by atoms with Crippen LogP contribution < -0.4 is 5.73 Å². The van der Waals surface area contributed by atoms with E-state index in [0.717, 1.165) is 31.8 Å². The second kappa shape index (κ2) is 4.81. The maximum Gasteiger partial charge on any atom is 0.0611 e. The molecule has 0 aromatic rings. The van der Waals surface area contributed by atoms with E-state index in [1.807, 2.05) is 0 Å². The summed E-state index contributed by atoms with van der Waals surface area (Å²) in [6, 6.07) is 0.811. The zero-order valence-electron chi connectivity index (χ0n) is 9.62. The lowest BCUT2D eigenvalue weighted by Crippen LogP contribution is -2.44. The molecule has 0 aromatic heterocycles. The molecule has 2 fully saturated rings. The third kappa shape index (κ3) is 2.71. The van der Waals surface area contributed by atoms with Gasteiger partial charge in [0.05, 0.1) is 6.61 Å². The monoisotopic (exact) mass is 212 g/mol. The average molecular weight is 212 g/mol. The molecule has 1 saturated carbocycles. The molecule has 1 saturated heterocycles. The smallest absolute Gasteiger partial charge is 0.0611 e. The minimum absolute atomic E-state index is 0.144. The van der Waals surface area contributed by atoms with Crippen molar-refractivity contribution in [1.29, 1.82) is 0 Å². The van der Waals surface area contributed by atoms with Crippen LogP contribution in [0, 0.1) is 0 Å². The molecule has 0 amide bonds. The van der Waals surface area contributed by atoms with E-state index in [0.29, 0.717) is 0 Å². The largest absolute Gasteiger partial charge is 0.394 e. The Morgan fingerprint density at radius 1 is 1.13 bits per heavy atom. The van der Waals surface area contributed by atoms with Gasteiger partial charge in [0.2, 0.25) is 0 Å². The highest BCUT2D eigenvalue weighted by atomic mass is 16.3. The number of hydrogen-bond acceptors (Lipinski definition) is 3. The van der Waals surface area contributed by atoms with E-state index < -0.39 is 0 Å². The third-order valence-electron chi connectivity index (χ3n) is 4.17. The summed E-state index contributed by atoms with van der Waals surface area (Å²) in [5, 5.41) is 9.28. The normalized spacial score (nSPS) is 35.6. The van der Waals surface area contributed by atoms with Crippen molar-refractivity contribution in [2.75, 3.05) is 19.7 Å². The molecule has 1 aliphatic heterocycles. The van der Waals surface area contributed by atoms with Crippen LogP contribution >= 0.6 is 0 Å². The highest BCUT2D eigenvalue weighted by Gasteiger charge is 2.30. The van der Waals surface area contributed by atoms with E-state index in [9.17, 15) is 5.11 Å². The highest BCUT2D eigenvalue weighted by molar-refractivity contribution is 4.89. The second-order valence-corrected chi connectivity index (χ2v) is 5.35. The number of likely N-dealkylation sites (tertiary alicyclic amines) is 1. The Morgan fingerprint density at radius 3 is 2.53 bits per heavy atom. The molecule has 15 heavy (non-hydrogen) atoms. The molecule has 0 aromatic carbocycles. The van der Waals surface area contributed by atoms with Gasteiger partial charge in [0.25, 0.3) is 0 Å². The van der Waals surface area contributed by atoms with Crippen LogP contribution in [0.2, 0.25) is 0 Å². The first-order valence-electron chi connectivity index (χ1n) is 6.37. The van der Waals surface area contributed by atoms with Crippen molar-refractivity contribution in [3.8, 4) is 0 Å². The summed E-state index contributed by atoms with van der Waals surface area (Å²) >= 11 is 0. The molecule has 3 heteroatoms. The summed E-state index contributed by atoms with van der Waals surface area (Å²) in [6.45, 7) is 2.41. The van der Waals surface area contributed by atoms with Crippen LogP contribution in [0.15, 0.2) is 0 Å². The lowest BCUT2D eigenvalue weighted by atomic mass is 9.93. The van der Waals surface area contributed by atoms with E-state index in [2.05, 4.69) is 4.90 Å². The summed E-state index contributed by atoms with van der Waals surface area (Å²) < 4.78 is 0. The molecule has 2 aliphatic rings. The average Bonchev–Trinajstić information content (AvgIpc) is 2.70. The number of aliphatic hydroxyl groups excluding tert-OH is 1. The maximum atomic E-state index is 9.28. The van der Waals surface area contributed by atoms with Crippen LogP contribution in [0.5, 0.6) is 0 Å². The summed E-state index contributed by atoms with van der Waals surface area (Å²) in [4.78, 5) is 2.61. The Hall–Kier alpha value is -0.120. The first kappa shape index (κ1) is 11.4. The van der Waals surface area contributed by atoms with Gasteiger partial charge in [0.15, 0.2) is 0 Å². The fourth-order valence-electron chi connectivity index (χ4n) is 3.03. The van der Waals surface area contributed by atoms with Crippen molar-refractivity contribution in [1.82, 2.24) is 4.90 Å². The van der Waals surface area contributed by atoms with Crippen LogP contribution in [0.25, 0.3) is 0 Å². The molecule has 0 radical (unpaired) electrons. The molecule has 0 bridgehead atoms. The van der Waals surface area contributed by atoms with Crippen molar-refractivity contribution >= 4 is 0 Å². The van der Waals surface area contributed by atoms with Gasteiger partial charge in [-0.1, -0.05) is 12.8 Å². The fraction of sp³-hybridized carbons (Fsp3) is 1.00. The Morgan fingerprint density at radius 2 is 1.87 bits per heavy atom. The van der Waals surface area contributed by atoms with E-state index >= 15 is 0 Å². The summed E-state index contributed by atoms with van der Waals surface area (Å²) in [5.41, 5.74) is 5.84. The highest BCUT2D eigenvalue weighted by Crippen LogP contribution is 2.27. The van der Waals surface area contributed by atoms with E-state index in [4.69, 9.17) is 5.73 Å². The number of hydrogen-bond donors (Lipinski definition) is 2. The Labute approximate surface area is 92.6 Å². The Kier molecular flexibility index (Phi) is 3.65. The van der Waals surface area contributed by atoms with Gasteiger partial charge in [-0.05, 0) is 38.6 Å². The van der Waals surface area contributed by atoms with Crippen LogP contribution in [0.3, 0.4) is 0 Å². The van der Waals surface area contributed by atoms with Crippen molar-refractivity contribution in [2.24, 2.45) is 5.73 Å². The van der Waals surface area contributed by atoms with Crippen molar-refractivity contribution in [3.05, 3.63) is 0 Å². The molecule has 1 aliphatic carbocycles. The quantitative estimate of drug-likeness (QED) is 0.721. The van der Waals surface area contributed by atoms with E-state index in [-0.39, 0.29) is 12.1 Å². The predicted molar refractivity (Wildman–Crippen MR) is 61.7 cm³/mol. The van der Waals surface area contributed by atoms with Crippen LogP contribution in [-0.4, -0.2) is 41.3 Å². The minimum atomic E-state index is -0.298. The standard InChI is InChI=1S/C12H24N2O/c13-12(10-15)6-3-8-14(9-7-12)11-4-1-2-5-11/h11,15H,1-10,13H2. The zero-order valence-corrected chi connectivity index (χ0v) is 9.62. The number of rotatable bonds is 2. The predicted octanol–water partition coefficient (Wildman–Crippen LogP) is 1.10. The molecular weight excluding hydrogens is 188 g/mol. The van der Waals surface area contributed by atoms with Gasteiger partial charge in [0, 0.05) is 18.1 Å². The number of aliphatic hydroxyl groups is 1. The molecular formula is C12H24N2O. The van der Waals surface area contributed by atoms with Gasteiger partial charge in [0.1, 0.15) is 0 Å². The SMILES string of the molecule is NC1(CO)CCCN(C2CCCC2)CC1. The van der Waals surface area contributed by atoms with Crippen LogP contribution in [0.4, 0.5) is 0 Å². The van der Waals surface area contributed by atoms with Gasteiger partial charge in [-0.2, -0.15) is 0 Å². The first-order valence-corrected chi connectivity index (χ1v) is 6.37. The molecule has 1 heterocycles. The first-order chi connectivity index (χ1) is 7.23. The summed E-state index contributed by atoms with van der Waals surface area (Å²) in [5.74, 6) is 0. The van der Waals surface area contributed by atoms with Gasteiger partial charge >= 0.3 is 0 Å². The molecule has 88 valence electrons. The van der Waals surface area contributed by atoms with Gasteiger partial charge < -0.3 is 15.7 Å². The molecule has 1 atom stereocenters. The topological polar surface area (TPSA) is 49.5 Å². The molecule has 1 unspecified atom stereocenters. The lowest BCUT2D eigenvalue weighted by Gasteiger charge is -2.28. The lowest BCUT2D eigenvalue weighted by molar-refractivity contribution is 0.167. The van der Waals surface area contributed by atoms with Gasteiger partial charge in [-0.25, -0.2) is 0 Å². The van der Waals surface area contributed by atoms with Crippen molar-refractivity contribution < 1.29 is 5.11 Å². The number of nitrogens with zero attached hydrogens (tertiary/aromatic N) is 1. The van der Waals surface area contributed by atoms with Crippen molar-refractivity contribution in [2.45, 2.75) is 56.5 Å². The van der Waals surface area contributed by atoms with Crippen LogP contribution in [0.1, 0.15) is 44.9 Å². The zero-order chi connectivity index (χ0) is 10.7. The molecule has 2 rings (SSSR count).